The number of anilines is 1. The molecule has 0 radical (unpaired) electrons. The number of rotatable bonds is 9. The Labute approximate surface area is 199 Å². The number of benzene rings is 2. The van der Waals surface area contributed by atoms with Crippen molar-refractivity contribution in [3.63, 3.8) is 0 Å². The Balaban J connectivity index is 1.90. The molecule has 0 atom stereocenters. The van der Waals surface area contributed by atoms with Crippen molar-refractivity contribution in [2.45, 2.75) is 37.5 Å². The minimum absolute atomic E-state index is 0.0146. The second-order valence-electron chi connectivity index (χ2n) is 8.30. The van der Waals surface area contributed by atoms with Crippen LogP contribution in [0.4, 0.5) is 5.82 Å². The number of aromatic nitrogens is 2. The van der Waals surface area contributed by atoms with Gasteiger partial charge in [0, 0.05) is 12.5 Å². The van der Waals surface area contributed by atoms with Crippen molar-refractivity contribution in [3.8, 4) is 17.2 Å². The molecule has 1 aliphatic carbocycles. The summed E-state index contributed by atoms with van der Waals surface area (Å²) < 4.78 is 40.3. The molecule has 1 heterocycles. The van der Waals surface area contributed by atoms with Gasteiger partial charge in [-0.3, -0.25) is 0 Å². The van der Waals surface area contributed by atoms with Crippen LogP contribution in [0, 0.1) is 5.92 Å². The van der Waals surface area contributed by atoms with Gasteiger partial charge in [-0.15, -0.1) is 0 Å². The fourth-order valence-corrected chi connectivity index (χ4v) is 5.18. The molecule has 4 rings (SSSR count). The monoisotopic (exact) mass is 487 g/mol. The zero-order valence-corrected chi connectivity index (χ0v) is 20.3. The molecule has 0 saturated heterocycles. The maximum absolute atomic E-state index is 13.7. The van der Waals surface area contributed by atoms with Crippen LogP contribution in [-0.4, -0.2) is 32.0 Å². The van der Waals surface area contributed by atoms with Crippen molar-refractivity contribution in [2.24, 2.45) is 5.92 Å². The van der Waals surface area contributed by atoms with Crippen molar-refractivity contribution in [3.05, 3.63) is 65.6 Å². The van der Waals surface area contributed by atoms with Crippen molar-refractivity contribution in [1.82, 2.24) is 9.97 Å². The van der Waals surface area contributed by atoms with E-state index in [0.29, 0.717) is 17.3 Å². The molecule has 0 spiro atoms. The Morgan fingerprint density at radius 1 is 1.03 bits per heavy atom. The first-order valence-corrected chi connectivity index (χ1v) is 12.6. The number of hydrogen-bond acceptors (Lipinski definition) is 6. The van der Waals surface area contributed by atoms with E-state index in [1.54, 1.807) is 48.5 Å². The zero-order valence-electron chi connectivity index (χ0n) is 18.7. The summed E-state index contributed by atoms with van der Waals surface area (Å²) >= 11 is 6.59. The van der Waals surface area contributed by atoms with Crippen LogP contribution in [0.5, 0.6) is 17.2 Å². The Hall–Kier alpha value is -2.84. The first kappa shape index (κ1) is 23.3. The highest BCUT2D eigenvalue weighted by Crippen LogP contribution is 2.45. The van der Waals surface area contributed by atoms with Gasteiger partial charge in [0.05, 0.1) is 12.0 Å². The average molecular weight is 488 g/mol. The highest BCUT2D eigenvalue weighted by molar-refractivity contribution is 7.92. The van der Waals surface area contributed by atoms with E-state index in [9.17, 15) is 8.42 Å². The lowest BCUT2D eigenvalue weighted by Gasteiger charge is -2.27. The second kappa shape index (κ2) is 9.57. The Morgan fingerprint density at radius 3 is 2.27 bits per heavy atom. The molecular formula is C24H26ClN3O4S. The minimum atomic E-state index is -3.95. The molecule has 9 heteroatoms. The molecule has 1 fully saturated rings. The number of nitrogens with zero attached hydrogens (tertiary/aromatic N) is 3. The summed E-state index contributed by atoms with van der Waals surface area (Å²) in [4.78, 5) is 9.27. The van der Waals surface area contributed by atoms with E-state index in [4.69, 9.17) is 21.1 Å². The standard InChI is InChI=1S/C24H26ClN3O4S/c1-16(2)15-28(33(29,30)18-9-5-4-6-10-18)24-21(22(25)26-23(27-24)17-13-14-17)32-20-12-8-7-11-19(20)31-3/h4-12,16-17H,13-15H2,1-3H3. The summed E-state index contributed by atoms with van der Waals surface area (Å²) in [7, 11) is -2.42. The van der Waals surface area contributed by atoms with Gasteiger partial charge in [-0.2, -0.15) is 0 Å². The Kier molecular flexibility index (Phi) is 6.76. The fraction of sp³-hybridized carbons (Fsp3) is 0.333. The van der Waals surface area contributed by atoms with E-state index in [2.05, 4.69) is 9.97 Å². The lowest BCUT2D eigenvalue weighted by Crippen LogP contribution is -2.35. The molecule has 1 aromatic heterocycles. The van der Waals surface area contributed by atoms with E-state index in [1.807, 2.05) is 19.9 Å². The van der Waals surface area contributed by atoms with E-state index >= 15 is 0 Å². The van der Waals surface area contributed by atoms with Gasteiger partial charge in [-0.1, -0.05) is 55.8 Å². The minimum Gasteiger partial charge on any atom is -0.493 e. The molecule has 2 aromatic carbocycles. The van der Waals surface area contributed by atoms with Crippen molar-refractivity contribution in [1.29, 1.82) is 0 Å². The van der Waals surface area contributed by atoms with E-state index in [-0.39, 0.29) is 40.0 Å². The van der Waals surface area contributed by atoms with Gasteiger partial charge in [0.15, 0.2) is 22.5 Å². The quantitative estimate of drug-likeness (QED) is 0.362. The molecule has 0 unspecified atom stereocenters. The molecule has 0 aliphatic heterocycles. The Morgan fingerprint density at radius 2 is 1.67 bits per heavy atom. The summed E-state index contributed by atoms with van der Waals surface area (Å²) in [6.45, 7) is 4.08. The molecule has 0 amide bonds. The van der Waals surface area contributed by atoms with E-state index in [0.717, 1.165) is 12.8 Å². The first-order chi connectivity index (χ1) is 15.8. The van der Waals surface area contributed by atoms with Gasteiger partial charge < -0.3 is 9.47 Å². The molecule has 1 saturated carbocycles. The summed E-state index contributed by atoms with van der Waals surface area (Å²) in [5.41, 5.74) is 0. The molecule has 0 N–H and O–H groups in total. The average Bonchev–Trinajstić information content (AvgIpc) is 3.65. The van der Waals surface area contributed by atoms with E-state index in [1.165, 1.54) is 11.4 Å². The number of sulfonamides is 1. The number of ether oxygens (including phenoxy) is 2. The van der Waals surface area contributed by atoms with Gasteiger partial charge in [-0.05, 0) is 43.0 Å². The molecular weight excluding hydrogens is 462 g/mol. The van der Waals surface area contributed by atoms with Gasteiger partial charge in [-0.25, -0.2) is 22.7 Å². The third-order valence-electron chi connectivity index (χ3n) is 5.15. The maximum Gasteiger partial charge on any atom is 0.265 e. The Bertz CT molecular complexity index is 1230. The van der Waals surface area contributed by atoms with Crippen LogP contribution in [0.25, 0.3) is 0 Å². The maximum atomic E-state index is 13.7. The third kappa shape index (κ3) is 5.07. The lowest BCUT2D eigenvalue weighted by molar-refractivity contribution is 0.378. The van der Waals surface area contributed by atoms with E-state index < -0.39 is 10.0 Å². The molecule has 3 aromatic rings. The topological polar surface area (TPSA) is 81.6 Å². The van der Waals surface area contributed by atoms with Gasteiger partial charge in [0.1, 0.15) is 5.82 Å². The van der Waals surface area contributed by atoms with Gasteiger partial charge >= 0.3 is 0 Å². The largest absolute Gasteiger partial charge is 0.493 e. The van der Waals surface area contributed by atoms with Crippen LogP contribution in [-0.2, 0) is 10.0 Å². The van der Waals surface area contributed by atoms with Crippen molar-refractivity contribution >= 4 is 27.4 Å². The molecule has 33 heavy (non-hydrogen) atoms. The third-order valence-corrected chi connectivity index (χ3v) is 7.17. The first-order valence-electron chi connectivity index (χ1n) is 10.8. The second-order valence-corrected chi connectivity index (χ2v) is 10.5. The smallest absolute Gasteiger partial charge is 0.265 e. The van der Waals surface area contributed by atoms with Gasteiger partial charge in [0.2, 0.25) is 5.75 Å². The van der Waals surface area contributed by atoms with Crippen LogP contribution in [0.15, 0.2) is 59.5 Å². The number of hydrogen-bond donors (Lipinski definition) is 0. The highest BCUT2D eigenvalue weighted by Gasteiger charge is 2.35. The molecule has 174 valence electrons. The van der Waals surface area contributed by atoms with Crippen LogP contribution in [0.3, 0.4) is 0 Å². The van der Waals surface area contributed by atoms with Crippen LogP contribution >= 0.6 is 11.6 Å². The van der Waals surface area contributed by atoms with Crippen LogP contribution in [0.2, 0.25) is 5.15 Å². The van der Waals surface area contributed by atoms with Crippen LogP contribution < -0.4 is 13.8 Å². The molecule has 1 aliphatic rings. The normalized spacial score (nSPS) is 13.7. The summed E-state index contributed by atoms with van der Waals surface area (Å²) in [6.07, 6.45) is 1.89. The molecule has 0 bridgehead atoms. The molecule has 7 nitrogen and oxygen atoms in total. The summed E-state index contributed by atoms with van der Waals surface area (Å²) in [5, 5.41) is 0.0600. The van der Waals surface area contributed by atoms with Crippen molar-refractivity contribution < 1.29 is 17.9 Å². The predicted molar refractivity (Wildman–Crippen MR) is 128 cm³/mol. The predicted octanol–water partition coefficient (Wildman–Crippen LogP) is 5.66. The number of halogens is 1. The number of methoxy groups -OCH3 is 1. The fourth-order valence-electron chi connectivity index (χ4n) is 3.37. The SMILES string of the molecule is COc1ccccc1Oc1c(Cl)nc(C2CC2)nc1N(CC(C)C)S(=O)(=O)c1ccccc1. The number of para-hydroxylation sites is 2. The zero-order chi connectivity index (χ0) is 23.6. The lowest BCUT2D eigenvalue weighted by atomic mass is 10.2. The van der Waals surface area contributed by atoms with Crippen LogP contribution in [0.1, 0.15) is 38.4 Å². The summed E-state index contributed by atoms with van der Waals surface area (Å²) in [6, 6.07) is 15.3. The van der Waals surface area contributed by atoms with Crippen molar-refractivity contribution in [2.75, 3.05) is 18.0 Å². The van der Waals surface area contributed by atoms with Gasteiger partial charge in [0.25, 0.3) is 10.0 Å². The summed E-state index contributed by atoms with van der Waals surface area (Å²) in [5.74, 6) is 1.77. The highest BCUT2D eigenvalue weighted by atomic mass is 35.5.